The van der Waals surface area contributed by atoms with Crippen molar-refractivity contribution in [3.8, 4) is 5.75 Å². The van der Waals surface area contributed by atoms with Crippen LogP contribution in [0.4, 0.5) is 15.8 Å². The highest BCUT2D eigenvalue weighted by Gasteiger charge is 2.22. The number of nitrogens with zero attached hydrogens (tertiary/aromatic N) is 4. The Morgan fingerprint density at radius 2 is 2.27 bits per heavy atom. The van der Waals surface area contributed by atoms with Gasteiger partial charge in [0.05, 0.1) is 12.0 Å². The van der Waals surface area contributed by atoms with Crippen LogP contribution in [0.25, 0.3) is 0 Å². The smallest absolute Gasteiger partial charge is 0.327 e. The SMILES string of the molecule is CCc1nncn1CCNc1cc(OC)cc(F)c1[N+](=O)[O-]. The molecule has 0 spiro atoms. The van der Waals surface area contributed by atoms with E-state index in [1.807, 2.05) is 11.5 Å². The van der Waals surface area contributed by atoms with Crippen molar-refractivity contribution in [2.45, 2.75) is 19.9 Å². The third-order valence-electron chi connectivity index (χ3n) is 3.14. The minimum Gasteiger partial charge on any atom is -0.497 e. The predicted octanol–water partition coefficient (Wildman–Crippen LogP) is 2.01. The van der Waals surface area contributed by atoms with Crippen LogP contribution in [-0.2, 0) is 13.0 Å². The molecular weight excluding hydrogens is 293 g/mol. The van der Waals surface area contributed by atoms with Crippen LogP contribution in [0.3, 0.4) is 0 Å². The van der Waals surface area contributed by atoms with Crippen LogP contribution in [0, 0.1) is 15.9 Å². The number of aryl methyl sites for hydroxylation is 1. The number of nitro benzene ring substituents is 1. The molecule has 0 saturated heterocycles. The van der Waals surface area contributed by atoms with E-state index in [2.05, 4.69) is 15.5 Å². The first-order chi connectivity index (χ1) is 10.6. The molecule has 1 aromatic carbocycles. The van der Waals surface area contributed by atoms with E-state index in [9.17, 15) is 14.5 Å². The largest absolute Gasteiger partial charge is 0.497 e. The average Bonchev–Trinajstić information content (AvgIpc) is 2.93. The molecule has 0 aliphatic heterocycles. The van der Waals surface area contributed by atoms with Crippen molar-refractivity contribution < 1.29 is 14.1 Å². The highest BCUT2D eigenvalue weighted by molar-refractivity contribution is 5.65. The number of hydrogen-bond donors (Lipinski definition) is 1. The molecule has 0 bridgehead atoms. The molecule has 2 aromatic rings. The van der Waals surface area contributed by atoms with Gasteiger partial charge in [-0.15, -0.1) is 10.2 Å². The molecule has 0 fully saturated rings. The number of anilines is 1. The fraction of sp³-hybridized carbons (Fsp3) is 0.385. The Hall–Kier alpha value is -2.71. The Bertz CT molecular complexity index is 674. The maximum absolute atomic E-state index is 13.8. The molecule has 22 heavy (non-hydrogen) atoms. The second kappa shape index (κ2) is 6.83. The standard InChI is InChI=1S/C13H16FN5O3/c1-3-12-17-16-8-18(12)5-4-15-11-7-9(22-2)6-10(14)13(11)19(20)21/h6-8,15H,3-5H2,1-2H3. The van der Waals surface area contributed by atoms with E-state index in [4.69, 9.17) is 4.74 Å². The lowest BCUT2D eigenvalue weighted by molar-refractivity contribution is -0.386. The summed E-state index contributed by atoms with van der Waals surface area (Å²) in [6, 6.07) is 2.38. The van der Waals surface area contributed by atoms with E-state index in [-0.39, 0.29) is 11.4 Å². The summed E-state index contributed by atoms with van der Waals surface area (Å²) in [6.45, 7) is 2.82. The fourth-order valence-corrected chi connectivity index (χ4v) is 2.06. The van der Waals surface area contributed by atoms with E-state index in [0.29, 0.717) is 13.1 Å². The summed E-state index contributed by atoms with van der Waals surface area (Å²) in [6.07, 6.45) is 2.31. The molecule has 0 aliphatic carbocycles. The van der Waals surface area contributed by atoms with Gasteiger partial charge >= 0.3 is 5.69 Å². The number of ether oxygens (including phenoxy) is 1. The third-order valence-corrected chi connectivity index (χ3v) is 3.14. The van der Waals surface area contributed by atoms with Gasteiger partial charge in [-0.1, -0.05) is 6.92 Å². The minimum absolute atomic E-state index is 0.0768. The van der Waals surface area contributed by atoms with Gasteiger partial charge in [0.25, 0.3) is 0 Å². The summed E-state index contributed by atoms with van der Waals surface area (Å²) in [7, 11) is 1.37. The van der Waals surface area contributed by atoms with Gasteiger partial charge in [-0.05, 0) is 0 Å². The molecule has 0 aliphatic rings. The molecule has 1 N–H and O–H groups in total. The zero-order chi connectivity index (χ0) is 16.1. The molecule has 1 heterocycles. The van der Waals surface area contributed by atoms with Crippen LogP contribution >= 0.6 is 0 Å². The first kappa shape index (κ1) is 15.7. The number of methoxy groups -OCH3 is 1. The molecule has 0 saturated carbocycles. The van der Waals surface area contributed by atoms with Crippen molar-refractivity contribution >= 4 is 11.4 Å². The second-order valence-corrected chi connectivity index (χ2v) is 4.48. The lowest BCUT2D eigenvalue weighted by Crippen LogP contribution is -2.13. The first-order valence-electron chi connectivity index (χ1n) is 6.69. The lowest BCUT2D eigenvalue weighted by Gasteiger charge is -2.10. The molecular formula is C13H16FN5O3. The van der Waals surface area contributed by atoms with Gasteiger partial charge in [0.2, 0.25) is 5.82 Å². The molecule has 0 unspecified atom stereocenters. The van der Waals surface area contributed by atoms with E-state index in [1.165, 1.54) is 13.2 Å². The van der Waals surface area contributed by atoms with E-state index < -0.39 is 16.4 Å². The molecule has 1 aromatic heterocycles. The van der Waals surface area contributed by atoms with Gasteiger partial charge < -0.3 is 14.6 Å². The average molecular weight is 309 g/mol. The van der Waals surface area contributed by atoms with Crippen molar-refractivity contribution in [2.75, 3.05) is 19.0 Å². The monoisotopic (exact) mass is 309 g/mol. The fourth-order valence-electron chi connectivity index (χ4n) is 2.06. The number of benzene rings is 1. The molecule has 8 nitrogen and oxygen atoms in total. The zero-order valence-electron chi connectivity index (χ0n) is 12.2. The quantitative estimate of drug-likeness (QED) is 0.621. The van der Waals surface area contributed by atoms with E-state index in [0.717, 1.165) is 18.3 Å². The molecule has 0 radical (unpaired) electrons. The normalized spacial score (nSPS) is 10.5. The molecule has 118 valence electrons. The van der Waals surface area contributed by atoms with E-state index >= 15 is 0 Å². The Balaban J connectivity index is 2.14. The minimum atomic E-state index is -0.939. The van der Waals surface area contributed by atoms with Gasteiger partial charge in [0.15, 0.2) is 0 Å². The predicted molar refractivity (Wildman–Crippen MR) is 77.5 cm³/mol. The van der Waals surface area contributed by atoms with E-state index in [1.54, 1.807) is 6.33 Å². The van der Waals surface area contributed by atoms with Gasteiger partial charge in [0.1, 0.15) is 23.6 Å². The maximum atomic E-state index is 13.8. The third kappa shape index (κ3) is 3.30. The number of halogens is 1. The van der Waals surface area contributed by atoms with Crippen molar-refractivity contribution in [3.63, 3.8) is 0 Å². The highest BCUT2D eigenvalue weighted by Crippen LogP contribution is 2.32. The highest BCUT2D eigenvalue weighted by atomic mass is 19.1. The van der Waals surface area contributed by atoms with Crippen LogP contribution in [0.5, 0.6) is 5.75 Å². The summed E-state index contributed by atoms with van der Waals surface area (Å²) >= 11 is 0. The summed E-state index contributed by atoms with van der Waals surface area (Å²) in [5.74, 6) is 0.0858. The van der Waals surface area contributed by atoms with Gasteiger partial charge in [-0.3, -0.25) is 10.1 Å². The second-order valence-electron chi connectivity index (χ2n) is 4.48. The van der Waals surface area contributed by atoms with Crippen molar-refractivity contribution in [1.29, 1.82) is 0 Å². The zero-order valence-corrected chi connectivity index (χ0v) is 12.2. The summed E-state index contributed by atoms with van der Waals surface area (Å²) in [5, 5.41) is 21.6. The number of nitrogens with one attached hydrogen (secondary N) is 1. The number of aromatic nitrogens is 3. The molecule has 0 atom stereocenters. The Morgan fingerprint density at radius 3 is 2.91 bits per heavy atom. The first-order valence-corrected chi connectivity index (χ1v) is 6.69. The Labute approximate surface area is 126 Å². The van der Waals surface area contributed by atoms with Crippen molar-refractivity contribution in [3.05, 3.63) is 40.2 Å². The molecule has 9 heteroatoms. The molecule has 2 rings (SSSR count). The van der Waals surface area contributed by atoms with Gasteiger partial charge in [0, 0.05) is 31.6 Å². The summed E-state index contributed by atoms with van der Waals surface area (Å²) in [4.78, 5) is 10.2. The maximum Gasteiger partial charge on any atom is 0.327 e. The summed E-state index contributed by atoms with van der Waals surface area (Å²) < 4.78 is 20.5. The lowest BCUT2D eigenvalue weighted by atomic mass is 10.2. The van der Waals surface area contributed by atoms with Crippen LogP contribution in [0.15, 0.2) is 18.5 Å². The van der Waals surface area contributed by atoms with Crippen molar-refractivity contribution in [1.82, 2.24) is 14.8 Å². The van der Waals surface area contributed by atoms with Crippen LogP contribution in [0.1, 0.15) is 12.7 Å². The van der Waals surface area contributed by atoms with Gasteiger partial charge in [-0.25, -0.2) is 0 Å². The van der Waals surface area contributed by atoms with Crippen LogP contribution in [-0.4, -0.2) is 33.3 Å². The number of hydrogen-bond acceptors (Lipinski definition) is 6. The number of nitro groups is 1. The van der Waals surface area contributed by atoms with Gasteiger partial charge in [-0.2, -0.15) is 4.39 Å². The Kier molecular flexibility index (Phi) is 4.87. The van der Waals surface area contributed by atoms with Crippen LogP contribution < -0.4 is 10.1 Å². The number of rotatable bonds is 7. The van der Waals surface area contributed by atoms with Crippen molar-refractivity contribution in [2.24, 2.45) is 0 Å². The Morgan fingerprint density at radius 1 is 1.50 bits per heavy atom. The topological polar surface area (TPSA) is 95.1 Å². The summed E-state index contributed by atoms with van der Waals surface area (Å²) in [5.41, 5.74) is -0.520. The molecule has 0 amide bonds. The van der Waals surface area contributed by atoms with Crippen LogP contribution in [0.2, 0.25) is 0 Å².